The molecule has 0 spiro atoms. The summed E-state index contributed by atoms with van der Waals surface area (Å²) >= 11 is 0. The lowest BCUT2D eigenvalue weighted by atomic mass is 9.96. The predicted octanol–water partition coefficient (Wildman–Crippen LogP) is 2.44. The van der Waals surface area contributed by atoms with Crippen LogP contribution in [-0.2, 0) is 22.7 Å². The van der Waals surface area contributed by atoms with Crippen LogP contribution in [0.15, 0.2) is 12.1 Å². The van der Waals surface area contributed by atoms with Gasteiger partial charge >= 0.3 is 11.9 Å². The topological polar surface area (TPSA) is 134 Å². The first-order valence-corrected chi connectivity index (χ1v) is 9.51. The number of carboxylic acid groups (broad SMARTS) is 2. The minimum Gasteiger partial charge on any atom is -0.478 e. The van der Waals surface area contributed by atoms with Gasteiger partial charge in [-0.05, 0) is 50.2 Å². The third kappa shape index (κ3) is 8.35. The van der Waals surface area contributed by atoms with Gasteiger partial charge in [-0.15, -0.1) is 0 Å². The quantitative estimate of drug-likeness (QED) is 0.312. The summed E-state index contributed by atoms with van der Waals surface area (Å²) in [7, 11) is 0. The van der Waals surface area contributed by atoms with E-state index in [9.17, 15) is 19.8 Å². The Bertz CT molecular complexity index is 614. The largest absolute Gasteiger partial charge is 0.478 e. The molecule has 0 aliphatic carbocycles. The first-order chi connectivity index (χ1) is 13.5. The molecule has 1 aromatic carbocycles. The monoisotopic (exact) mass is 398 g/mol. The van der Waals surface area contributed by atoms with Gasteiger partial charge in [0, 0.05) is 32.0 Å². The van der Waals surface area contributed by atoms with Crippen LogP contribution in [0.3, 0.4) is 0 Å². The second kappa shape index (κ2) is 14.1. The lowest BCUT2D eigenvalue weighted by Crippen LogP contribution is -2.15. The van der Waals surface area contributed by atoms with Gasteiger partial charge in [-0.2, -0.15) is 0 Å². The molecule has 1 rings (SSSR count). The smallest absolute Gasteiger partial charge is 0.336 e. The number of carbonyl (C=O) groups is 2. The highest BCUT2D eigenvalue weighted by molar-refractivity contribution is 5.97. The average Bonchev–Trinajstić information content (AvgIpc) is 2.66. The Hall–Kier alpha value is -2.00. The summed E-state index contributed by atoms with van der Waals surface area (Å²) in [4.78, 5) is 23.3. The SMILES string of the molecule is O=C(O)c1ccc(COCCCCCO)c(C(=O)O)c1COCCCCCO. The van der Waals surface area contributed by atoms with Crippen molar-refractivity contribution in [2.45, 2.75) is 51.7 Å². The van der Waals surface area contributed by atoms with Gasteiger partial charge in [0.25, 0.3) is 0 Å². The van der Waals surface area contributed by atoms with E-state index in [4.69, 9.17) is 19.7 Å². The van der Waals surface area contributed by atoms with E-state index in [1.54, 1.807) is 0 Å². The standard InChI is InChI=1S/C20H30O8/c21-9-3-1-5-11-27-13-15-7-8-16(19(23)24)17(18(15)20(25)26)14-28-12-6-2-4-10-22/h7-8,21-22H,1-6,9-14H2,(H,23,24)(H,25,26). The molecular formula is C20H30O8. The molecule has 158 valence electrons. The highest BCUT2D eigenvalue weighted by atomic mass is 16.5. The molecule has 0 amide bonds. The normalized spacial score (nSPS) is 10.9. The highest BCUT2D eigenvalue weighted by Crippen LogP contribution is 2.22. The Morgan fingerprint density at radius 1 is 0.750 bits per heavy atom. The molecule has 0 bridgehead atoms. The van der Waals surface area contributed by atoms with Crippen molar-refractivity contribution >= 4 is 11.9 Å². The van der Waals surface area contributed by atoms with Crippen molar-refractivity contribution in [1.29, 1.82) is 0 Å². The van der Waals surface area contributed by atoms with Gasteiger partial charge in [0.2, 0.25) is 0 Å². The fourth-order valence-electron chi connectivity index (χ4n) is 2.78. The van der Waals surface area contributed by atoms with Gasteiger partial charge in [0.1, 0.15) is 0 Å². The van der Waals surface area contributed by atoms with Crippen LogP contribution in [0, 0.1) is 0 Å². The third-order valence-electron chi connectivity index (χ3n) is 4.24. The summed E-state index contributed by atoms with van der Waals surface area (Å²) in [6.45, 7) is 0.953. The van der Waals surface area contributed by atoms with Crippen molar-refractivity contribution in [2.24, 2.45) is 0 Å². The van der Waals surface area contributed by atoms with E-state index in [1.807, 2.05) is 0 Å². The van der Waals surface area contributed by atoms with Gasteiger partial charge in [-0.3, -0.25) is 0 Å². The molecule has 0 unspecified atom stereocenters. The predicted molar refractivity (Wildman–Crippen MR) is 102 cm³/mol. The zero-order chi connectivity index (χ0) is 20.8. The van der Waals surface area contributed by atoms with E-state index >= 15 is 0 Å². The van der Waals surface area contributed by atoms with E-state index in [0.29, 0.717) is 38.0 Å². The van der Waals surface area contributed by atoms with E-state index in [-0.39, 0.29) is 43.1 Å². The van der Waals surface area contributed by atoms with Gasteiger partial charge in [-0.25, -0.2) is 9.59 Å². The molecule has 0 heterocycles. The van der Waals surface area contributed by atoms with E-state index in [2.05, 4.69) is 0 Å². The molecule has 28 heavy (non-hydrogen) atoms. The summed E-state index contributed by atoms with van der Waals surface area (Å²) in [5.74, 6) is -2.43. The first-order valence-electron chi connectivity index (χ1n) is 9.51. The number of aliphatic hydroxyl groups excluding tert-OH is 2. The van der Waals surface area contributed by atoms with Crippen LogP contribution in [0.5, 0.6) is 0 Å². The maximum absolute atomic E-state index is 11.8. The zero-order valence-electron chi connectivity index (χ0n) is 16.1. The summed E-state index contributed by atoms with van der Waals surface area (Å²) in [6, 6.07) is 2.84. The first kappa shape index (κ1) is 24.0. The van der Waals surface area contributed by atoms with Gasteiger partial charge in [0.05, 0.1) is 24.3 Å². The van der Waals surface area contributed by atoms with Crippen molar-refractivity contribution in [2.75, 3.05) is 26.4 Å². The maximum Gasteiger partial charge on any atom is 0.336 e. The van der Waals surface area contributed by atoms with Gasteiger partial charge in [0.15, 0.2) is 0 Å². The summed E-state index contributed by atoms with van der Waals surface area (Å²) in [6.07, 6.45) is 4.39. The number of hydrogen-bond acceptors (Lipinski definition) is 6. The molecular weight excluding hydrogens is 368 g/mol. The maximum atomic E-state index is 11.8. The van der Waals surface area contributed by atoms with Crippen molar-refractivity contribution in [3.8, 4) is 0 Å². The molecule has 4 N–H and O–H groups in total. The third-order valence-corrected chi connectivity index (χ3v) is 4.24. The van der Waals surface area contributed by atoms with Crippen molar-refractivity contribution < 1.29 is 39.5 Å². The lowest BCUT2D eigenvalue weighted by Gasteiger charge is -2.15. The Morgan fingerprint density at radius 3 is 1.82 bits per heavy atom. The number of aromatic carboxylic acids is 2. The fourth-order valence-corrected chi connectivity index (χ4v) is 2.78. The van der Waals surface area contributed by atoms with Crippen LogP contribution in [-0.4, -0.2) is 58.8 Å². The highest BCUT2D eigenvalue weighted by Gasteiger charge is 2.22. The van der Waals surface area contributed by atoms with E-state index < -0.39 is 11.9 Å². The molecule has 0 saturated heterocycles. The van der Waals surface area contributed by atoms with Crippen LogP contribution < -0.4 is 0 Å². The molecule has 1 aromatic rings. The van der Waals surface area contributed by atoms with Crippen molar-refractivity contribution in [3.05, 3.63) is 34.4 Å². The molecule has 8 heteroatoms. The van der Waals surface area contributed by atoms with Crippen molar-refractivity contribution in [3.63, 3.8) is 0 Å². The molecule has 0 aliphatic rings. The minimum absolute atomic E-state index is 0.0597. The Balaban J connectivity index is 2.84. The number of rotatable bonds is 16. The van der Waals surface area contributed by atoms with Crippen LogP contribution in [0.1, 0.15) is 70.4 Å². The van der Waals surface area contributed by atoms with Crippen LogP contribution in [0.2, 0.25) is 0 Å². The molecule has 0 aromatic heterocycles. The van der Waals surface area contributed by atoms with Crippen LogP contribution in [0.4, 0.5) is 0 Å². The fraction of sp³-hybridized carbons (Fsp3) is 0.600. The molecule has 0 atom stereocenters. The Kier molecular flexibility index (Phi) is 12.1. The van der Waals surface area contributed by atoms with Gasteiger partial charge in [-0.1, -0.05) is 6.07 Å². The number of ether oxygens (including phenoxy) is 2. The zero-order valence-corrected chi connectivity index (χ0v) is 16.1. The number of benzene rings is 1. The second-order valence-corrected chi connectivity index (χ2v) is 6.41. The van der Waals surface area contributed by atoms with Gasteiger partial charge < -0.3 is 29.9 Å². The summed E-state index contributed by atoms with van der Waals surface area (Å²) in [5, 5.41) is 36.6. The molecule has 8 nitrogen and oxygen atoms in total. The van der Waals surface area contributed by atoms with E-state index in [0.717, 1.165) is 19.3 Å². The number of hydrogen-bond donors (Lipinski definition) is 4. The summed E-state index contributed by atoms with van der Waals surface area (Å²) in [5.41, 5.74) is 0.340. The van der Waals surface area contributed by atoms with Crippen LogP contribution >= 0.6 is 0 Å². The number of carboxylic acids is 2. The second-order valence-electron chi connectivity index (χ2n) is 6.41. The molecule has 0 aliphatic heterocycles. The lowest BCUT2D eigenvalue weighted by molar-refractivity contribution is 0.0667. The molecule has 0 saturated carbocycles. The molecule has 0 fully saturated rings. The molecule has 0 radical (unpaired) electrons. The van der Waals surface area contributed by atoms with Crippen LogP contribution in [0.25, 0.3) is 0 Å². The average molecular weight is 398 g/mol. The minimum atomic E-state index is -1.22. The Labute approximate surface area is 164 Å². The summed E-state index contributed by atoms with van der Waals surface area (Å²) < 4.78 is 11.0. The number of unbranched alkanes of at least 4 members (excludes halogenated alkanes) is 4. The number of aliphatic hydroxyl groups is 2. The van der Waals surface area contributed by atoms with Crippen molar-refractivity contribution in [1.82, 2.24) is 0 Å². The van der Waals surface area contributed by atoms with E-state index in [1.165, 1.54) is 12.1 Å². The Morgan fingerprint density at radius 2 is 1.32 bits per heavy atom.